The molecule has 1 aliphatic carbocycles. The van der Waals surface area contributed by atoms with Gasteiger partial charge in [-0.15, -0.1) is 0 Å². The maximum atomic E-state index is 13.0. The normalized spacial score (nSPS) is 21.2. The molecule has 0 spiro atoms. The topological polar surface area (TPSA) is 64.7 Å². The molecule has 2 saturated heterocycles. The van der Waals surface area contributed by atoms with Gasteiger partial charge in [0.05, 0.1) is 10.6 Å². The summed E-state index contributed by atoms with van der Waals surface area (Å²) in [5.74, 6) is 0.830. The van der Waals surface area contributed by atoms with Crippen LogP contribution < -0.4 is 15.5 Å². The van der Waals surface area contributed by atoms with Gasteiger partial charge in [0.15, 0.2) is 0 Å². The number of benzene rings is 1. The third-order valence-corrected chi connectivity index (χ3v) is 5.85. The molecule has 1 aromatic rings. The maximum absolute atomic E-state index is 13.0. The molecule has 0 radical (unpaired) electrons. The van der Waals surface area contributed by atoms with E-state index in [0.29, 0.717) is 35.4 Å². The minimum absolute atomic E-state index is 0.0444. The lowest BCUT2D eigenvalue weighted by molar-refractivity contribution is 0.0705. The van der Waals surface area contributed by atoms with Gasteiger partial charge in [0.25, 0.3) is 5.91 Å². The van der Waals surface area contributed by atoms with E-state index < -0.39 is 0 Å². The van der Waals surface area contributed by atoms with Crippen LogP contribution in [0.15, 0.2) is 18.2 Å². The van der Waals surface area contributed by atoms with Crippen LogP contribution in [0.3, 0.4) is 0 Å². The Morgan fingerprint density at radius 1 is 1.19 bits per heavy atom. The minimum Gasteiger partial charge on any atom is -0.338 e. The Labute approximate surface area is 158 Å². The van der Waals surface area contributed by atoms with Crippen molar-refractivity contribution in [2.45, 2.75) is 31.7 Å². The van der Waals surface area contributed by atoms with Crippen molar-refractivity contribution in [2.24, 2.45) is 5.92 Å². The van der Waals surface area contributed by atoms with Crippen LogP contribution in [-0.4, -0.2) is 55.6 Å². The summed E-state index contributed by atoms with van der Waals surface area (Å²) in [6.07, 6.45) is 4.66. The summed E-state index contributed by atoms with van der Waals surface area (Å²) in [7, 11) is 0. The monoisotopic (exact) mass is 376 g/mol. The SMILES string of the molecule is O=C(c1cc(N2CCNC2=O)ccc1Cl)N1CCC(NCC2CC2)CC1. The van der Waals surface area contributed by atoms with Crippen LogP contribution >= 0.6 is 11.6 Å². The fraction of sp³-hybridized carbons (Fsp3) is 0.579. The van der Waals surface area contributed by atoms with Crippen molar-refractivity contribution in [2.75, 3.05) is 37.6 Å². The molecular weight excluding hydrogens is 352 g/mol. The zero-order valence-electron chi connectivity index (χ0n) is 14.8. The first-order chi connectivity index (χ1) is 12.6. The molecule has 3 aliphatic rings. The molecule has 4 rings (SSSR count). The highest BCUT2D eigenvalue weighted by Crippen LogP contribution is 2.29. The van der Waals surface area contributed by atoms with Crippen LogP contribution in [0, 0.1) is 5.92 Å². The van der Waals surface area contributed by atoms with Gasteiger partial charge in [0.2, 0.25) is 0 Å². The van der Waals surface area contributed by atoms with Crippen molar-refractivity contribution in [1.29, 1.82) is 0 Å². The third kappa shape index (κ3) is 3.81. The second-order valence-corrected chi connectivity index (χ2v) is 7.87. The molecule has 2 heterocycles. The van der Waals surface area contributed by atoms with Crippen molar-refractivity contribution in [3.8, 4) is 0 Å². The van der Waals surface area contributed by atoms with Crippen molar-refractivity contribution in [3.05, 3.63) is 28.8 Å². The van der Waals surface area contributed by atoms with E-state index in [2.05, 4.69) is 10.6 Å². The molecule has 1 saturated carbocycles. The number of urea groups is 1. The number of likely N-dealkylation sites (tertiary alicyclic amines) is 1. The molecule has 1 aromatic carbocycles. The zero-order valence-corrected chi connectivity index (χ0v) is 15.6. The molecule has 2 N–H and O–H groups in total. The van der Waals surface area contributed by atoms with E-state index in [-0.39, 0.29) is 11.9 Å². The van der Waals surface area contributed by atoms with Gasteiger partial charge in [0.1, 0.15) is 0 Å². The standard InChI is InChI=1S/C19H25ClN4O2/c20-17-4-3-15(24-10-7-21-19(24)26)11-16(17)18(25)23-8-5-14(6-9-23)22-12-13-1-2-13/h3-4,11,13-14,22H,1-2,5-10,12H2,(H,21,26). The van der Waals surface area contributed by atoms with Crippen molar-refractivity contribution >= 4 is 29.2 Å². The highest BCUT2D eigenvalue weighted by Gasteiger charge is 2.28. The maximum Gasteiger partial charge on any atom is 0.321 e. The lowest BCUT2D eigenvalue weighted by Gasteiger charge is -2.33. The summed E-state index contributed by atoms with van der Waals surface area (Å²) in [6.45, 7) is 3.82. The van der Waals surface area contributed by atoms with Gasteiger partial charge >= 0.3 is 6.03 Å². The van der Waals surface area contributed by atoms with E-state index in [9.17, 15) is 9.59 Å². The number of carbonyl (C=O) groups is 2. The molecule has 0 unspecified atom stereocenters. The lowest BCUT2D eigenvalue weighted by Crippen LogP contribution is -2.45. The first-order valence-electron chi connectivity index (χ1n) is 9.49. The number of anilines is 1. The quantitative estimate of drug-likeness (QED) is 0.829. The number of carbonyl (C=O) groups excluding carboxylic acids is 2. The second kappa shape index (κ2) is 7.45. The largest absolute Gasteiger partial charge is 0.338 e. The Bertz CT molecular complexity index is 699. The van der Waals surface area contributed by atoms with Gasteiger partial charge in [-0.3, -0.25) is 9.69 Å². The summed E-state index contributed by atoms with van der Waals surface area (Å²) in [5, 5.41) is 6.84. The molecule has 140 valence electrons. The average Bonchev–Trinajstić information content (AvgIpc) is 3.40. The zero-order chi connectivity index (χ0) is 18.1. The number of nitrogens with zero attached hydrogens (tertiary/aromatic N) is 2. The van der Waals surface area contributed by atoms with Gasteiger partial charge in [-0.25, -0.2) is 4.79 Å². The highest BCUT2D eigenvalue weighted by atomic mass is 35.5. The third-order valence-electron chi connectivity index (χ3n) is 5.52. The summed E-state index contributed by atoms with van der Waals surface area (Å²) in [4.78, 5) is 28.3. The average molecular weight is 377 g/mol. The highest BCUT2D eigenvalue weighted by molar-refractivity contribution is 6.34. The Balaban J connectivity index is 1.40. The number of hydrogen-bond acceptors (Lipinski definition) is 3. The lowest BCUT2D eigenvalue weighted by atomic mass is 10.0. The van der Waals surface area contributed by atoms with E-state index in [1.165, 1.54) is 12.8 Å². The molecule has 3 fully saturated rings. The molecule has 7 heteroatoms. The van der Waals surface area contributed by atoms with E-state index in [1.54, 1.807) is 23.1 Å². The van der Waals surface area contributed by atoms with E-state index in [4.69, 9.17) is 11.6 Å². The Morgan fingerprint density at radius 3 is 2.62 bits per heavy atom. The molecule has 3 amide bonds. The van der Waals surface area contributed by atoms with Crippen LogP contribution in [0.5, 0.6) is 0 Å². The number of halogens is 1. The van der Waals surface area contributed by atoms with Crippen LogP contribution in [0.4, 0.5) is 10.5 Å². The molecule has 0 atom stereocenters. The number of nitrogens with one attached hydrogen (secondary N) is 2. The summed E-state index contributed by atoms with van der Waals surface area (Å²) in [5.41, 5.74) is 1.20. The first-order valence-corrected chi connectivity index (χ1v) is 9.87. The minimum atomic E-state index is -0.131. The number of hydrogen-bond donors (Lipinski definition) is 2. The van der Waals surface area contributed by atoms with Crippen LogP contribution in [0.25, 0.3) is 0 Å². The van der Waals surface area contributed by atoms with E-state index >= 15 is 0 Å². The Hall–Kier alpha value is -1.79. The van der Waals surface area contributed by atoms with Crippen molar-refractivity contribution in [3.63, 3.8) is 0 Å². The smallest absolute Gasteiger partial charge is 0.321 e. The van der Waals surface area contributed by atoms with Crippen LogP contribution in [-0.2, 0) is 0 Å². The van der Waals surface area contributed by atoms with Gasteiger partial charge < -0.3 is 15.5 Å². The van der Waals surface area contributed by atoms with Gasteiger partial charge in [-0.05, 0) is 56.3 Å². The first kappa shape index (κ1) is 17.6. The molecule has 6 nitrogen and oxygen atoms in total. The fourth-order valence-electron chi connectivity index (χ4n) is 3.68. The number of amides is 3. The van der Waals surface area contributed by atoms with Crippen LogP contribution in [0.1, 0.15) is 36.0 Å². The summed E-state index contributed by atoms with van der Waals surface area (Å²) >= 11 is 6.29. The number of piperidine rings is 1. The molecule has 26 heavy (non-hydrogen) atoms. The predicted molar refractivity (Wildman–Crippen MR) is 102 cm³/mol. The summed E-state index contributed by atoms with van der Waals surface area (Å²) in [6, 6.07) is 5.62. The molecule has 2 aliphatic heterocycles. The fourth-order valence-corrected chi connectivity index (χ4v) is 3.87. The van der Waals surface area contributed by atoms with E-state index in [0.717, 1.165) is 38.4 Å². The van der Waals surface area contributed by atoms with Gasteiger partial charge in [-0.2, -0.15) is 0 Å². The molecule has 0 aromatic heterocycles. The Kier molecular flexibility index (Phi) is 5.05. The van der Waals surface area contributed by atoms with Crippen molar-refractivity contribution < 1.29 is 9.59 Å². The van der Waals surface area contributed by atoms with Crippen LogP contribution in [0.2, 0.25) is 5.02 Å². The number of rotatable bonds is 5. The van der Waals surface area contributed by atoms with E-state index in [1.807, 2.05) is 4.90 Å². The Morgan fingerprint density at radius 2 is 1.96 bits per heavy atom. The molecular formula is C19H25ClN4O2. The van der Waals surface area contributed by atoms with Crippen molar-refractivity contribution in [1.82, 2.24) is 15.5 Å². The second-order valence-electron chi connectivity index (χ2n) is 7.47. The predicted octanol–water partition coefficient (Wildman–Crippen LogP) is 2.47. The molecule has 0 bridgehead atoms. The van der Waals surface area contributed by atoms with Gasteiger partial charge in [-0.1, -0.05) is 11.6 Å². The van der Waals surface area contributed by atoms with Gasteiger partial charge in [0, 0.05) is 37.9 Å². The summed E-state index contributed by atoms with van der Waals surface area (Å²) < 4.78 is 0.